The van der Waals surface area contributed by atoms with E-state index >= 15 is 0 Å². The molecule has 4 nitrogen and oxygen atoms in total. The standard InChI is InChI=1S/C16H14ClF2NO3/c1-22-6-7-23-15-5-3-11(9-14(15)19)20-16(21)12-4-2-10(17)8-13(12)18/h2-5,8-9H,6-7H2,1H3,(H,20,21). The van der Waals surface area contributed by atoms with Crippen LogP contribution in [0.5, 0.6) is 5.75 Å². The summed E-state index contributed by atoms with van der Waals surface area (Å²) in [6.45, 7) is 0.531. The van der Waals surface area contributed by atoms with Crippen LogP contribution in [0.1, 0.15) is 10.4 Å². The third kappa shape index (κ3) is 4.64. The molecule has 2 aromatic carbocycles. The monoisotopic (exact) mass is 341 g/mol. The average Bonchev–Trinajstić information content (AvgIpc) is 2.49. The fourth-order valence-corrected chi connectivity index (χ4v) is 1.96. The van der Waals surface area contributed by atoms with Gasteiger partial charge in [-0.2, -0.15) is 0 Å². The molecule has 0 spiro atoms. The minimum atomic E-state index is -0.755. The number of hydrogen-bond donors (Lipinski definition) is 1. The van der Waals surface area contributed by atoms with E-state index in [4.69, 9.17) is 21.1 Å². The van der Waals surface area contributed by atoms with Crippen molar-refractivity contribution in [2.24, 2.45) is 0 Å². The van der Waals surface area contributed by atoms with E-state index in [1.807, 2.05) is 0 Å². The molecular weight excluding hydrogens is 328 g/mol. The third-order valence-electron chi connectivity index (χ3n) is 2.91. The molecule has 0 aliphatic rings. The van der Waals surface area contributed by atoms with E-state index in [-0.39, 0.29) is 28.6 Å². The van der Waals surface area contributed by atoms with Crippen molar-refractivity contribution < 1.29 is 23.0 Å². The molecule has 2 aromatic rings. The SMILES string of the molecule is COCCOc1ccc(NC(=O)c2ccc(Cl)cc2F)cc1F. The highest BCUT2D eigenvalue weighted by Gasteiger charge is 2.13. The summed E-state index contributed by atoms with van der Waals surface area (Å²) in [4.78, 5) is 12.0. The molecule has 23 heavy (non-hydrogen) atoms. The van der Waals surface area contributed by atoms with E-state index in [0.717, 1.165) is 12.1 Å². The number of carbonyl (C=O) groups is 1. The zero-order valence-electron chi connectivity index (χ0n) is 12.2. The normalized spacial score (nSPS) is 10.4. The number of methoxy groups -OCH3 is 1. The quantitative estimate of drug-likeness (QED) is 0.811. The largest absolute Gasteiger partial charge is 0.488 e. The molecule has 0 saturated heterocycles. The molecule has 122 valence electrons. The van der Waals surface area contributed by atoms with Crippen LogP contribution in [0.4, 0.5) is 14.5 Å². The molecule has 7 heteroatoms. The highest BCUT2D eigenvalue weighted by atomic mass is 35.5. The highest BCUT2D eigenvalue weighted by Crippen LogP contribution is 2.22. The van der Waals surface area contributed by atoms with Crippen molar-refractivity contribution in [3.63, 3.8) is 0 Å². The minimum Gasteiger partial charge on any atom is -0.488 e. The highest BCUT2D eigenvalue weighted by molar-refractivity contribution is 6.30. The molecule has 0 aliphatic carbocycles. The van der Waals surface area contributed by atoms with Gasteiger partial charge in [-0.05, 0) is 30.3 Å². The van der Waals surface area contributed by atoms with Gasteiger partial charge in [0.1, 0.15) is 12.4 Å². The number of carbonyl (C=O) groups excluding carboxylic acids is 1. The predicted octanol–water partition coefficient (Wildman–Crippen LogP) is 3.90. The Bertz CT molecular complexity index is 710. The van der Waals surface area contributed by atoms with E-state index in [1.54, 1.807) is 0 Å². The second kappa shape index (κ2) is 7.89. The molecular formula is C16H14ClF2NO3. The van der Waals surface area contributed by atoms with Crippen LogP contribution in [0.15, 0.2) is 36.4 Å². The third-order valence-corrected chi connectivity index (χ3v) is 3.15. The van der Waals surface area contributed by atoms with E-state index in [9.17, 15) is 13.6 Å². The summed E-state index contributed by atoms with van der Waals surface area (Å²) in [5.74, 6) is -2.06. The van der Waals surface area contributed by atoms with Crippen molar-refractivity contribution in [2.45, 2.75) is 0 Å². The van der Waals surface area contributed by atoms with Crippen LogP contribution < -0.4 is 10.1 Å². The number of hydrogen-bond acceptors (Lipinski definition) is 3. The molecule has 1 amide bonds. The summed E-state index contributed by atoms with van der Waals surface area (Å²) < 4.78 is 37.5. The molecule has 0 aliphatic heterocycles. The first kappa shape index (κ1) is 17.2. The molecule has 1 N–H and O–H groups in total. The van der Waals surface area contributed by atoms with Gasteiger partial charge in [-0.25, -0.2) is 8.78 Å². The summed E-state index contributed by atoms with van der Waals surface area (Å²) in [7, 11) is 1.51. The first-order chi connectivity index (χ1) is 11.0. The van der Waals surface area contributed by atoms with Gasteiger partial charge >= 0.3 is 0 Å². The topological polar surface area (TPSA) is 47.6 Å². The van der Waals surface area contributed by atoms with Crippen LogP contribution in [0.3, 0.4) is 0 Å². The van der Waals surface area contributed by atoms with E-state index in [1.165, 1.54) is 31.4 Å². The van der Waals surface area contributed by atoms with Gasteiger partial charge in [0.25, 0.3) is 5.91 Å². The maximum absolute atomic E-state index is 13.9. The van der Waals surface area contributed by atoms with Crippen LogP contribution in [0.2, 0.25) is 5.02 Å². The number of rotatable bonds is 6. The Labute approximate surface area is 137 Å². The zero-order valence-corrected chi connectivity index (χ0v) is 13.0. The summed E-state index contributed by atoms with van der Waals surface area (Å²) in [6, 6.07) is 7.60. The zero-order chi connectivity index (χ0) is 16.8. The molecule has 0 unspecified atom stereocenters. The minimum absolute atomic E-state index is 0.0396. The summed E-state index contributed by atoms with van der Waals surface area (Å²) >= 11 is 5.63. The first-order valence-corrected chi connectivity index (χ1v) is 7.06. The van der Waals surface area contributed by atoms with Crippen LogP contribution >= 0.6 is 11.6 Å². The molecule has 0 aromatic heterocycles. The Morgan fingerprint density at radius 1 is 1.13 bits per heavy atom. The van der Waals surface area contributed by atoms with Crippen molar-refractivity contribution in [3.8, 4) is 5.75 Å². The van der Waals surface area contributed by atoms with Gasteiger partial charge in [0.05, 0.1) is 12.2 Å². The lowest BCUT2D eigenvalue weighted by atomic mass is 10.2. The van der Waals surface area contributed by atoms with Gasteiger partial charge in [0.15, 0.2) is 11.6 Å². The fourth-order valence-electron chi connectivity index (χ4n) is 1.80. The molecule has 0 bridgehead atoms. The summed E-state index contributed by atoms with van der Waals surface area (Å²) in [5, 5.41) is 2.59. The molecule has 0 heterocycles. The summed E-state index contributed by atoms with van der Waals surface area (Å²) in [5.41, 5.74) is -0.00355. The smallest absolute Gasteiger partial charge is 0.258 e. The number of halogens is 3. The van der Waals surface area contributed by atoms with E-state index in [0.29, 0.717) is 6.61 Å². The Balaban J connectivity index is 2.08. The Morgan fingerprint density at radius 2 is 1.91 bits per heavy atom. The van der Waals surface area contributed by atoms with Crippen LogP contribution in [-0.2, 0) is 4.74 Å². The molecule has 0 radical (unpaired) electrons. The van der Waals surface area contributed by atoms with Crippen molar-refractivity contribution in [3.05, 3.63) is 58.6 Å². The fraction of sp³-hybridized carbons (Fsp3) is 0.188. The van der Waals surface area contributed by atoms with Gasteiger partial charge in [0, 0.05) is 23.9 Å². The number of anilines is 1. The molecule has 0 atom stereocenters. The molecule has 0 saturated carbocycles. The second-order valence-electron chi connectivity index (χ2n) is 4.56. The Hall–Kier alpha value is -2.18. The predicted molar refractivity (Wildman–Crippen MR) is 83.1 cm³/mol. The number of nitrogens with one attached hydrogen (secondary N) is 1. The number of ether oxygens (including phenoxy) is 2. The van der Waals surface area contributed by atoms with Crippen molar-refractivity contribution in [1.82, 2.24) is 0 Å². The van der Waals surface area contributed by atoms with Gasteiger partial charge in [-0.1, -0.05) is 11.6 Å². The lowest BCUT2D eigenvalue weighted by Gasteiger charge is -2.10. The van der Waals surface area contributed by atoms with Crippen molar-refractivity contribution in [1.29, 1.82) is 0 Å². The Kier molecular flexibility index (Phi) is 5.90. The Morgan fingerprint density at radius 3 is 2.57 bits per heavy atom. The maximum Gasteiger partial charge on any atom is 0.258 e. The van der Waals surface area contributed by atoms with Crippen LogP contribution in [0, 0.1) is 11.6 Å². The van der Waals surface area contributed by atoms with Crippen molar-refractivity contribution >= 4 is 23.2 Å². The number of benzene rings is 2. The maximum atomic E-state index is 13.9. The van der Waals surface area contributed by atoms with Crippen molar-refractivity contribution in [2.75, 3.05) is 25.6 Å². The number of amides is 1. The van der Waals surface area contributed by atoms with Gasteiger partial charge < -0.3 is 14.8 Å². The van der Waals surface area contributed by atoms with E-state index < -0.39 is 17.5 Å². The lowest BCUT2D eigenvalue weighted by molar-refractivity contribution is 0.102. The molecule has 0 fully saturated rings. The lowest BCUT2D eigenvalue weighted by Crippen LogP contribution is -2.14. The van der Waals surface area contributed by atoms with Crippen LogP contribution in [-0.4, -0.2) is 26.2 Å². The van der Waals surface area contributed by atoms with E-state index in [2.05, 4.69) is 5.32 Å². The van der Waals surface area contributed by atoms with Gasteiger partial charge in [-0.15, -0.1) is 0 Å². The van der Waals surface area contributed by atoms with Gasteiger partial charge in [-0.3, -0.25) is 4.79 Å². The molecule has 2 rings (SSSR count). The first-order valence-electron chi connectivity index (χ1n) is 6.69. The second-order valence-corrected chi connectivity index (χ2v) is 5.00. The van der Waals surface area contributed by atoms with Gasteiger partial charge in [0.2, 0.25) is 0 Å². The van der Waals surface area contributed by atoms with Crippen LogP contribution in [0.25, 0.3) is 0 Å². The summed E-state index contributed by atoms with van der Waals surface area (Å²) in [6.07, 6.45) is 0. The average molecular weight is 342 g/mol.